The maximum Gasteiger partial charge on any atom is 0.253 e. The highest BCUT2D eigenvalue weighted by Crippen LogP contribution is 2.20. The molecule has 1 amide bonds. The smallest absolute Gasteiger partial charge is 0.253 e. The summed E-state index contributed by atoms with van der Waals surface area (Å²) in [7, 11) is 0. The summed E-state index contributed by atoms with van der Waals surface area (Å²) >= 11 is 0. The largest absolute Gasteiger partial charge is 0.399 e. The zero-order valence-electron chi connectivity index (χ0n) is 10.0. The molecule has 1 aromatic carbocycles. The van der Waals surface area contributed by atoms with Crippen molar-refractivity contribution in [2.24, 2.45) is 5.92 Å². The summed E-state index contributed by atoms with van der Waals surface area (Å²) in [5.74, 6) is 0.234. The van der Waals surface area contributed by atoms with Gasteiger partial charge in [0.25, 0.3) is 5.91 Å². The molecule has 0 radical (unpaired) electrons. The summed E-state index contributed by atoms with van der Waals surface area (Å²) in [5, 5.41) is 9.07. The van der Waals surface area contributed by atoms with E-state index in [0.717, 1.165) is 18.5 Å². The highest BCUT2D eigenvalue weighted by molar-refractivity contribution is 5.95. The maximum atomic E-state index is 12.2. The molecule has 1 unspecified atom stereocenters. The normalized spacial score (nSPS) is 19.6. The molecule has 92 valence electrons. The third-order valence-electron chi connectivity index (χ3n) is 3.18. The number of benzene rings is 1. The Hall–Kier alpha value is -1.55. The van der Waals surface area contributed by atoms with Crippen molar-refractivity contribution in [3.05, 3.63) is 29.3 Å². The van der Waals surface area contributed by atoms with Gasteiger partial charge in [-0.2, -0.15) is 0 Å². The van der Waals surface area contributed by atoms with Gasteiger partial charge in [0.15, 0.2) is 0 Å². The zero-order chi connectivity index (χ0) is 12.4. The van der Waals surface area contributed by atoms with Crippen LogP contribution in [0, 0.1) is 12.8 Å². The summed E-state index contributed by atoms with van der Waals surface area (Å²) in [6, 6.07) is 5.41. The van der Waals surface area contributed by atoms with E-state index in [0.29, 0.717) is 17.8 Å². The lowest BCUT2D eigenvalue weighted by molar-refractivity contribution is 0.0782. The molecule has 1 fully saturated rings. The van der Waals surface area contributed by atoms with Crippen LogP contribution in [0.5, 0.6) is 0 Å². The minimum Gasteiger partial charge on any atom is -0.399 e. The number of rotatable bonds is 2. The number of carbonyl (C=O) groups is 1. The lowest BCUT2D eigenvalue weighted by Crippen LogP contribution is -2.29. The molecule has 1 aliphatic heterocycles. The van der Waals surface area contributed by atoms with E-state index in [1.807, 2.05) is 19.1 Å². The fourth-order valence-electron chi connectivity index (χ4n) is 2.28. The van der Waals surface area contributed by atoms with Gasteiger partial charge in [0.05, 0.1) is 0 Å². The van der Waals surface area contributed by atoms with Crippen molar-refractivity contribution in [3.8, 4) is 0 Å². The number of aliphatic hydroxyl groups is 1. The first-order chi connectivity index (χ1) is 8.10. The van der Waals surface area contributed by atoms with Gasteiger partial charge < -0.3 is 15.7 Å². The Balaban J connectivity index is 2.14. The molecule has 1 heterocycles. The van der Waals surface area contributed by atoms with E-state index >= 15 is 0 Å². The first-order valence-corrected chi connectivity index (χ1v) is 5.87. The number of nitrogens with two attached hydrogens (primary N) is 1. The Morgan fingerprint density at radius 3 is 2.88 bits per heavy atom. The van der Waals surface area contributed by atoms with Crippen LogP contribution in [0.15, 0.2) is 18.2 Å². The average molecular weight is 234 g/mol. The Kier molecular flexibility index (Phi) is 3.33. The fraction of sp³-hybridized carbons (Fsp3) is 0.462. The topological polar surface area (TPSA) is 66.6 Å². The molecule has 3 N–H and O–H groups in total. The minimum atomic E-state index is 0.0105. The quantitative estimate of drug-likeness (QED) is 0.751. The standard InChI is InChI=1S/C13H18N2O2/c1-9-4-11(6-12(14)5-9)13(17)15-3-2-10(7-15)8-16/h4-6,10,16H,2-3,7-8,14H2,1H3. The molecule has 1 saturated heterocycles. The highest BCUT2D eigenvalue weighted by Gasteiger charge is 2.26. The second-order valence-electron chi connectivity index (χ2n) is 4.72. The van der Waals surface area contributed by atoms with Crippen LogP contribution < -0.4 is 5.73 Å². The monoisotopic (exact) mass is 234 g/mol. The Morgan fingerprint density at radius 2 is 2.29 bits per heavy atom. The summed E-state index contributed by atoms with van der Waals surface area (Å²) in [5.41, 5.74) is 7.99. The Bertz CT molecular complexity index is 411. The van der Waals surface area contributed by atoms with E-state index in [4.69, 9.17) is 10.8 Å². The fourth-order valence-corrected chi connectivity index (χ4v) is 2.28. The van der Waals surface area contributed by atoms with Gasteiger partial charge in [-0.05, 0) is 37.1 Å². The van der Waals surface area contributed by atoms with Crippen molar-refractivity contribution in [1.82, 2.24) is 4.90 Å². The number of hydrogen-bond acceptors (Lipinski definition) is 3. The highest BCUT2D eigenvalue weighted by atomic mass is 16.3. The minimum absolute atomic E-state index is 0.0105. The maximum absolute atomic E-state index is 12.2. The molecule has 4 nitrogen and oxygen atoms in total. The van der Waals surface area contributed by atoms with Crippen LogP contribution in [0.3, 0.4) is 0 Å². The van der Waals surface area contributed by atoms with Crippen LogP contribution in [0.4, 0.5) is 5.69 Å². The van der Waals surface area contributed by atoms with Crippen molar-refractivity contribution in [3.63, 3.8) is 0 Å². The molecule has 2 rings (SSSR count). The van der Waals surface area contributed by atoms with E-state index in [-0.39, 0.29) is 18.4 Å². The summed E-state index contributed by atoms with van der Waals surface area (Å²) < 4.78 is 0. The van der Waals surface area contributed by atoms with Crippen LogP contribution in [0.25, 0.3) is 0 Å². The third-order valence-corrected chi connectivity index (χ3v) is 3.18. The second-order valence-corrected chi connectivity index (χ2v) is 4.72. The van der Waals surface area contributed by atoms with Crippen LogP contribution in [0.2, 0.25) is 0 Å². The molecule has 0 aromatic heterocycles. The number of amides is 1. The molecule has 17 heavy (non-hydrogen) atoms. The number of aryl methyl sites for hydroxylation is 1. The van der Waals surface area contributed by atoms with Gasteiger partial charge in [0, 0.05) is 36.9 Å². The number of nitrogens with zero attached hydrogens (tertiary/aromatic N) is 1. The number of anilines is 1. The molecule has 1 aliphatic rings. The van der Waals surface area contributed by atoms with Crippen LogP contribution in [-0.4, -0.2) is 35.6 Å². The molecule has 0 aliphatic carbocycles. The van der Waals surface area contributed by atoms with E-state index in [2.05, 4.69) is 0 Å². The van der Waals surface area contributed by atoms with E-state index in [1.54, 1.807) is 11.0 Å². The SMILES string of the molecule is Cc1cc(N)cc(C(=O)N2CCC(CO)C2)c1. The molecular formula is C13H18N2O2. The van der Waals surface area contributed by atoms with Gasteiger partial charge in [-0.15, -0.1) is 0 Å². The second kappa shape index (κ2) is 4.75. The van der Waals surface area contributed by atoms with Crippen molar-refractivity contribution in [1.29, 1.82) is 0 Å². The summed E-state index contributed by atoms with van der Waals surface area (Å²) in [6.07, 6.45) is 0.879. The van der Waals surface area contributed by atoms with E-state index < -0.39 is 0 Å². The van der Waals surface area contributed by atoms with Crippen LogP contribution in [0.1, 0.15) is 22.3 Å². The Morgan fingerprint density at radius 1 is 1.53 bits per heavy atom. The first-order valence-electron chi connectivity index (χ1n) is 5.87. The Labute approximate surface area is 101 Å². The van der Waals surface area contributed by atoms with Crippen molar-refractivity contribution in [2.45, 2.75) is 13.3 Å². The predicted molar refractivity (Wildman–Crippen MR) is 66.7 cm³/mol. The van der Waals surface area contributed by atoms with Crippen molar-refractivity contribution < 1.29 is 9.90 Å². The molecule has 1 aromatic rings. The zero-order valence-corrected chi connectivity index (χ0v) is 10.0. The molecule has 0 bridgehead atoms. The van der Waals surface area contributed by atoms with Gasteiger partial charge in [0.2, 0.25) is 0 Å². The van der Waals surface area contributed by atoms with Crippen molar-refractivity contribution >= 4 is 11.6 Å². The summed E-state index contributed by atoms with van der Waals surface area (Å²) in [6.45, 7) is 3.44. The van der Waals surface area contributed by atoms with E-state index in [9.17, 15) is 4.79 Å². The van der Waals surface area contributed by atoms with Gasteiger partial charge in [-0.25, -0.2) is 0 Å². The number of nitrogen functional groups attached to an aromatic ring is 1. The van der Waals surface area contributed by atoms with Crippen LogP contribution in [-0.2, 0) is 0 Å². The molecule has 0 saturated carbocycles. The lowest BCUT2D eigenvalue weighted by Gasteiger charge is -2.16. The van der Waals surface area contributed by atoms with Gasteiger partial charge in [0.1, 0.15) is 0 Å². The summed E-state index contributed by atoms with van der Waals surface area (Å²) in [4.78, 5) is 14.0. The lowest BCUT2D eigenvalue weighted by atomic mass is 10.1. The van der Waals surface area contributed by atoms with Gasteiger partial charge in [-0.1, -0.05) is 0 Å². The number of hydrogen-bond donors (Lipinski definition) is 2. The van der Waals surface area contributed by atoms with Crippen molar-refractivity contribution in [2.75, 3.05) is 25.4 Å². The first kappa shape index (κ1) is 11.9. The van der Waals surface area contributed by atoms with Gasteiger partial charge in [-0.3, -0.25) is 4.79 Å². The molecule has 4 heteroatoms. The molecule has 0 spiro atoms. The predicted octanol–water partition coefficient (Wildman–Crippen LogP) is 1.03. The molecule has 1 atom stereocenters. The van der Waals surface area contributed by atoms with Gasteiger partial charge >= 0.3 is 0 Å². The molecular weight excluding hydrogens is 216 g/mol. The number of carbonyl (C=O) groups excluding carboxylic acids is 1. The third kappa shape index (κ3) is 2.58. The average Bonchev–Trinajstić information content (AvgIpc) is 2.75. The van der Waals surface area contributed by atoms with Crippen LogP contribution >= 0.6 is 0 Å². The number of likely N-dealkylation sites (tertiary alicyclic amines) is 1. The number of aliphatic hydroxyl groups excluding tert-OH is 1. The van der Waals surface area contributed by atoms with E-state index in [1.165, 1.54) is 0 Å².